The summed E-state index contributed by atoms with van der Waals surface area (Å²) in [4.78, 5) is 7.17. The van der Waals surface area contributed by atoms with Crippen LogP contribution < -0.4 is 5.32 Å². The van der Waals surface area contributed by atoms with Crippen molar-refractivity contribution in [3.63, 3.8) is 0 Å². The number of guanidine groups is 1. The van der Waals surface area contributed by atoms with Crippen LogP contribution >= 0.6 is 24.0 Å². The van der Waals surface area contributed by atoms with E-state index in [2.05, 4.69) is 22.3 Å². The molecule has 1 aliphatic heterocycles. The van der Waals surface area contributed by atoms with Crippen molar-refractivity contribution in [2.45, 2.75) is 36.9 Å². The molecule has 1 heterocycles. The summed E-state index contributed by atoms with van der Waals surface area (Å²) in [6, 6.07) is 10.2. The smallest absolute Gasteiger partial charge is 0.198 e. The summed E-state index contributed by atoms with van der Waals surface area (Å²) in [5.41, 5.74) is 1.06. The molecule has 6 heteroatoms. The van der Waals surface area contributed by atoms with E-state index < -0.39 is 10.8 Å². The number of benzene rings is 1. The molecule has 3 rings (SSSR count). The highest BCUT2D eigenvalue weighted by Crippen LogP contribution is 2.41. The molecule has 1 unspecified atom stereocenters. The van der Waals surface area contributed by atoms with Gasteiger partial charge in [0.05, 0.1) is 11.3 Å². The first-order valence-electron chi connectivity index (χ1n) is 8.15. The first kappa shape index (κ1) is 18.7. The van der Waals surface area contributed by atoms with Crippen molar-refractivity contribution in [3.05, 3.63) is 30.3 Å². The number of hydrogen-bond acceptors (Lipinski definition) is 2. The molecule has 1 atom stereocenters. The number of piperidine rings is 1. The molecule has 0 radical (unpaired) electrons. The minimum absolute atomic E-state index is 0. The Balaban J connectivity index is 0.00000192. The van der Waals surface area contributed by atoms with Crippen LogP contribution in [0, 0.1) is 0 Å². The van der Waals surface area contributed by atoms with Gasteiger partial charge in [-0.3, -0.25) is 9.20 Å². The molecule has 0 bridgehead atoms. The van der Waals surface area contributed by atoms with E-state index in [9.17, 15) is 4.21 Å². The van der Waals surface area contributed by atoms with Gasteiger partial charge < -0.3 is 10.2 Å². The van der Waals surface area contributed by atoms with Crippen LogP contribution in [0.4, 0.5) is 5.69 Å². The maximum Gasteiger partial charge on any atom is 0.198 e. The first-order chi connectivity index (χ1) is 10.7. The van der Waals surface area contributed by atoms with E-state index in [1.54, 1.807) is 0 Å². The van der Waals surface area contributed by atoms with Gasteiger partial charge in [0.1, 0.15) is 0 Å². The van der Waals surface area contributed by atoms with Crippen LogP contribution in [0.1, 0.15) is 32.1 Å². The van der Waals surface area contributed by atoms with Crippen molar-refractivity contribution in [1.29, 1.82) is 0 Å². The minimum atomic E-state index is -0.786. The average Bonchev–Trinajstić information content (AvgIpc) is 3.34. The summed E-state index contributed by atoms with van der Waals surface area (Å²) in [6.07, 6.45) is 7.64. The Bertz CT molecular complexity index is 554. The summed E-state index contributed by atoms with van der Waals surface area (Å²) in [5.74, 6) is 0.947. The topological polar surface area (TPSA) is 44.7 Å². The zero-order valence-corrected chi connectivity index (χ0v) is 16.8. The molecule has 23 heavy (non-hydrogen) atoms. The van der Waals surface area contributed by atoms with Crippen LogP contribution in [0.3, 0.4) is 0 Å². The number of aliphatic imine (C=N–C) groups is 1. The fraction of sp³-hybridized carbons (Fsp3) is 0.588. The third kappa shape index (κ3) is 4.92. The maximum absolute atomic E-state index is 11.9. The van der Waals surface area contributed by atoms with Crippen molar-refractivity contribution < 1.29 is 4.21 Å². The van der Waals surface area contributed by atoms with Gasteiger partial charge in [0.25, 0.3) is 0 Å². The van der Waals surface area contributed by atoms with Crippen LogP contribution in [0.25, 0.3) is 0 Å². The second kappa shape index (κ2) is 8.46. The highest BCUT2D eigenvalue weighted by atomic mass is 127. The summed E-state index contributed by atoms with van der Waals surface area (Å²) < 4.78 is 11.8. The summed E-state index contributed by atoms with van der Waals surface area (Å²) >= 11 is 0. The fourth-order valence-electron chi connectivity index (χ4n) is 2.87. The minimum Gasteiger partial charge on any atom is -0.343 e. The number of para-hydroxylation sites is 1. The molecule has 0 amide bonds. The van der Waals surface area contributed by atoms with Crippen LogP contribution in [-0.4, -0.2) is 45.7 Å². The highest BCUT2D eigenvalue weighted by molar-refractivity contribution is 14.0. The second-order valence-corrected chi connectivity index (χ2v) is 8.09. The third-order valence-corrected chi connectivity index (χ3v) is 6.38. The standard InChI is InChI=1S/C17H25N3OS.HI/c1-22(21)17(10-11-17)14-18-16(20-12-6-3-7-13-20)19-15-8-4-2-5-9-15;/h2,4-5,8-9H,3,6-7,10-14H2,1H3,(H,18,19);1H. The molecule has 0 aromatic heterocycles. The van der Waals surface area contributed by atoms with E-state index in [4.69, 9.17) is 4.99 Å². The van der Waals surface area contributed by atoms with Crippen LogP contribution in [-0.2, 0) is 10.8 Å². The molecule has 1 aliphatic carbocycles. The largest absolute Gasteiger partial charge is 0.343 e. The van der Waals surface area contributed by atoms with Gasteiger partial charge in [0.15, 0.2) is 5.96 Å². The number of nitrogens with zero attached hydrogens (tertiary/aromatic N) is 2. The Hall–Kier alpha value is -0.630. The Morgan fingerprint density at radius 1 is 1.22 bits per heavy atom. The molecule has 1 aromatic rings. The molecule has 1 N–H and O–H groups in total. The van der Waals surface area contributed by atoms with E-state index in [-0.39, 0.29) is 28.7 Å². The monoisotopic (exact) mass is 447 g/mol. The summed E-state index contributed by atoms with van der Waals surface area (Å²) in [6.45, 7) is 2.78. The van der Waals surface area contributed by atoms with Crippen LogP contribution in [0.2, 0.25) is 0 Å². The quantitative estimate of drug-likeness (QED) is 0.437. The molecular weight excluding hydrogens is 421 g/mol. The molecule has 2 aliphatic rings. The zero-order valence-electron chi connectivity index (χ0n) is 13.7. The summed E-state index contributed by atoms with van der Waals surface area (Å²) in [5, 5.41) is 3.46. The molecule has 4 nitrogen and oxygen atoms in total. The van der Waals surface area contributed by atoms with Gasteiger partial charge in [-0.15, -0.1) is 24.0 Å². The van der Waals surface area contributed by atoms with E-state index in [1.807, 2.05) is 24.5 Å². The van der Waals surface area contributed by atoms with Gasteiger partial charge >= 0.3 is 0 Å². The van der Waals surface area contributed by atoms with E-state index in [0.717, 1.165) is 37.6 Å². The van der Waals surface area contributed by atoms with Crippen molar-refractivity contribution in [3.8, 4) is 0 Å². The highest BCUT2D eigenvalue weighted by Gasteiger charge is 2.46. The number of nitrogens with one attached hydrogen (secondary N) is 1. The van der Waals surface area contributed by atoms with Crippen molar-refractivity contribution in [2.75, 3.05) is 31.2 Å². The van der Waals surface area contributed by atoms with Crippen LogP contribution in [0.5, 0.6) is 0 Å². The Morgan fingerprint density at radius 3 is 2.43 bits per heavy atom. The predicted octanol–water partition coefficient (Wildman–Crippen LogP) is 3.47. The van der Waals surface area contributed by atoms with E-state index in [1.165, 1.54) is 19.3 Å². The molecule has 1 saturated heterocycles. The molecule has 128 valence electrons. The molecule has 1 saturated carbocycles. The lowest BCUT2D eigenvalue weighted by Gasteiger charge is -2.30. The molecule has 0 spiro atoms. The van der Waals surface area contributed by atoms with E-state index in [0.29, 0.717) is 6.54 Å². The number of hydrogen-bond donors (Lipinski definition) is 1. The Kier molecular flexibility index (Phi) is 6.88. The van der Waals surface area contributed by atoms with Gasteiger partial charge in [0.2, 0.25) is 0 Å². The summed E-state index contributed by atoms with van der Waals surface area (Å²) in [7, 11) is -0.786. The van der Waals surface area contributed by atoms with Gasteiger partial charge in [-0.1, -0.05) is 18.2 Å². The number of likely N-dealkylation sites (tertiary alicyclic amines) is 1. The Labute approximate surface area is 158 Å². The lowest BCUT2D eigenvalue weighted by molar-refractivity contribution is 0.340. The lowest BCUT2D eigenvalue weighted by atomic mass is 10.1. The normalized spacial score (nSPS) is 21.3. The Morgan fingerprint density at radius 2 is 1.87 bits per heavy atom. The number of anilines is 1. The zero-order chi connectivity index (χ0) is 15.4. The van der Waals surface area contributed by atoms with Crippen molar-refractivity contribution in [1.82, 2.24) is 4.90 Å². The van der Waals surface area contributed by atoms with Gasteiger partial charge in [0, 0.05) is 35.8 Å². The average molecular weight is 447 g/mol. The lowest BCUT2D eigenvalue weighted by Crippen LogP contribution is -2.40. The SMILES string of the molecule is CS(=O)C1(CN=C(Nc2ccccc2)N2CCCCC2)CC1.I. The van der Waals surface area contributed by atoms with Gasteiger partial charge in [-0.25, -0.2) is 0 Å². The molecule has 1 aromatic carbocycles. The van der Waals surface area contributed by atoms with Crippen molar-refractivity contribution >= 4 is 46.4 Å². The van der Waals surface area contributed by atoms with Crippen LogP contribution in [0.15, 0.2) is 35.3 Å². The number of rotatable bonds is 4. The van der Waals surface area contributed by atoms with Crippen molar-refractivity contribution in [2.24, 2.45) is 4.99 Å². The predicted molar refractivity (Wildman–Crippen MR) is 109 cm³/mol. The maximum atomic E-state index is 11.9. The second-order valence-electron chi connectivity index (χ2n) is 6.32. The molecular formula is C17H26IN3OS. The third-order valence-electron chi connectivity index (χ3n) is 4.62. The van der Waals surface area contributed by atoms with Gasteiger partial charge in [-0.2, -0.15) is 0 Å². The molecule has 2 fully saturated rings. The van der Waals surface area contributed by atoms with Gasteiger partial charge in [-0.05, 0) is 44.2 Å². The first-order valence-corrected chi connectivity index (χ1v) is 9.70. The fourth-order valence-corrected chi connectivity index (χ4v) is 3.79. The van der Waals surface area contributed by atoms with E-state index >= 15 is 0 Å². The number of halogens is 1.